The van der Waals surface area contributed by atoms with Crippen molar-refractivity contribution < 1.29 is 24.5 Å². The van der Waals surface area contributed by atoms with Gasteiger partial charge in [0, 0.05) is 6.54 Å². The van der Waals surface area contributed by atoms with Crippen LogP contribution in [0.1, 0.15) is 26.8 Å². The third-order valence-electron chi connectivity index (χ3n) is 5.36. The van der Waals surface area contributed by atoms with Crippen LogP contribution < -0.4 is 4.74 Å². The van der Waals surface area contributed by atoms with Crippen LogP contribution in [0, 0.1) is 0 Å². The third kappa shape index (κ3) is 4.03. The molecule has 1 amide bonds. The lowest BCUT2D eigenvalue weighted by Gasteiger charge is -2.27. The predicted molar refractivity (Wildman–Crippen MR) is 125 cm³/mol. The van der Waals surface area contributed by atoms with E-state index in [-0.39, 0.29) is 17.1 Å². The monoisotopic (exact) mass is 513 g/mol. The maximum Gasteiger partial charge on any atom is 0.290 e. The minimum atomic E-state index is -0.827. The van der Waals surface area contributed by atoms with Crippen molar-refractivity contribution in [3.05, 3.63) is 91.8 Å². The van der Waals surface area contributed by atoms with Gasteiger partial charge in [0.05, 0.1) is 28.1 Å². The van der Waals surface area contributed by atoms with Gasteiger partial charge in [-0.3, -0.25) is 9.59 Å². The molecular weight excluding hydrogens is 494 g/mol. The number of thiophene rings is 1. The second-order valence-corrected chi connectivity index (χ2v) is 9.06. The number of ether oxygens (including phenoxy) is 1. The number of benzene rings is 2. The van der Waals surface area contributed by atoms with Crippen molar-refractivity contribution in [1.29, 1.82) is 0 Å². The van der Waals surface area contributed by atoms with Crippen LogP contribution in [0.5, 0.6) is 11.5 Å². The summed E-state index contributed by atoms with van der Waals surface area (Å²) < 4.78 is 5.63. The number of carbonyl (C=O) groups excluding carboxylic acids is 2. The van der Waals surface area contributed by atoms with Crippen LogP contribution in [-0.4, -0.2) is 40.5 Å². The molecule has 0 spiro atoms. The fraction of sp³-hybridized carbons (Fsp3) is 0.167. The van der Waals surface area contributed by atoms with E-state index in [4.69, 9.17) is 4.74 Å². The molecule has 32 heavy (non-hydrogen) atoms. The summed E-state index contributed by atoms with van der Waals surface area (Å²) >= 11 is 4.56. The largest absolute Gasteiger partial charge is 0.503 e. The first-order valence-corrected chi connectivity index (χ1v) is 11.5. The van der Waals surface area contributed by atoms with Gasteiger partial charge in [0.25, 0.3) is 5.91 Å². The van der Waals surface area contributed by atoms with Crippen LogP contribution in [0.4, 0.5) is 0 Å². The average Bonchev–Trinajstić information content (AvgIpc) is 3.42. The Bertz CT molecular complexity index is 1190. The van der Waals surface area contributed by atoms with Gasteiger partial charge in [0.15, 0.2) is 17.3 Å². The van der Waals surface area contributed by atoms with Crippen molar-refractivity contribution in [3.63, 3.8) is 0 Å². The Morgan fingerprint density at radius 3 is 2.56 bits per heavy atom. The van der Waals surface area contributed by atoms with Crippen LogP contribution in [0.2, 0.25) is 0 Å². The van der Waals surface area contributed by atoms with Crippen LogP contribution in [0.3, 0.4) is 0 Å². The van der Waals surface area contributed by atoms with Crippen LogP contribution in [0.25, 0.3) is 0 Å². The van der Waals surface area contributed by atoms with Crippen molar-refractivity contribution in [3.8, 4) is 11.5 Å². The zero-order valence-corrected chi connectivity index (χ0v) is 19.5. The SMILES string of the molecule is COc1cc(C2C(C(=O)c3cccs3)=C(O)C(=O)N2CCc2ccccc2)cc(Br)c1O. The first-order valence-electron chi connectivity index (χ1n) is 9.85. The number of Topliss-reactive ketones (excluding diaryl/α,β-unsaturated/α-hetero) is 1. The summed E-state index contributed by atoms with van der Waals surface area (Å²) in [5.41, 5.74) is 1.59. The Labute approximate surface area is 197 Å². The average molecular weight is 514 g/mol. The number of phenolic OH excluding ortho intramolecular Hbond substituents is 1. The van der Waals surface area contributed by atoms with E-state index in [0.29, 0.717) is 27.9 Å². The Morgan fingerprint density at radius 1 is 1.16 bits per heavy atom. The fourth-order valence-electron chi connectivity index (χ4n) is 3.80. The molecule has 0 radical (unpaired) electrons. The molecule has 1 aromatic heterocycles. The van der Waals surface area contributed by atoms with Crippen molar-refractivity contribution >= 4 is 39.0 Å². The Hall–Kier alpha value is -3.10. The molecule has 6 nitrogen and oxygen atoms in total. The highest BCUT2D eigenvalue weighted by molar-refractivity contribution is 9.10. The van der Waals surface area contributed by atoms with E-state index < -0.39 is 23.5 Å². The maximum atomic E-state index is 13.3. The van der Waals surface area contributed by atoms with Crippen LogP contribution in [0.15, 0.2) is 75.8 Å². The minimum absolute atomic E-state index is 0.0187. The molecule has 2 heterocycles. The highest BCUT2D eigenvalue weighted by atomic mass is 79.9. The number of halogens is 1. The van der Waals surface area contributed by atoms with E-state index in [1.54, 1.807) is 29.6 Å². The molecular formula is C24H20BrNO5S. The molecule has 1 unspecified atom stereocenters. The molecule has 1 aliphatic rings. The highest BCUT2D eigenvalue weighted by Crippen LogP contribution is 2.44. The summed E-state index contributed by atoms with van der Waals surface area (Å²) in [4.78, 5) is 28.3. The number of amides is 1. The molecule has 164 valence electrons. The van der Waals surface area contributed by atoms with Crippen molar-refractivity contribution in [2.45, 2.75) is 12.5 Å². The molecule has 2 aromatic carbocycles. The standard InChI is InChI=1S/C24H20BrNO5S/c1-31-17-13-15(12-16(25)21(17)27)20-19(22(28)18-8-5-11-32-18)23(29)24(30)26(20)10-9-14-6-3-2-4-7-14/h2-8,11-13,20,27,29H,9-10H2,1H3. The topological polar surface area (TPSA) is 87.1 Å². The molecule has 0 aliphatic carbocycles. The van der Waals surface area contributed by atoms with E-state index in [1.807, 2.05) is 30.3 Å². The number of carbonyl (C=O) groups is 2. The molecule has 2 N–H and O–H groups in total. The molecule has 1 aliphatic heterocycles. The number of hydrogen-bond donors (Lipinski definition) is 2. The number of methoxy groups -OCH3 is 1. The molecule has 3 aromatic rings. The number of aliphatic hydroxyl groups is 1. The van der Waals surface area contributed by atoms with Crippen molar-refractivity contribution in [2.24, 2.45) is 0 Å². The molecule has 0 bridgehead atoms. The van der Waals surface area contributed by atoms with Gasteiger partial charge in [-0.15, -0.1) is 11.3 Å². The zero-order chi connectivity index (χ0) is 22.8. The lowest BCUT2D eigenvalue weighted by Crippen LogP contribution is -2.33. The van der Waals surface area contributed by atoms with Gasteiger partial charge in [0.2, 0.25) is 5.78 Å². The summed E-state index contributed by atoms with van der Waals surface area (Å²) in [7, 11) is 1.42. The molecule has 1 atom stereocenters. The summed E-state index contributed by atoms with van der Waals surface area (Å²) in [6.45, 7) is 0.291. The van der Waals surface area contributed by atoms with E-state index in [2.05, 4.69) is 15.9 Å². The Balaban J connectivity index is 1.79. The first-order chi connectivity index (χ1) is 15.4. The van der Waals surface area contributed by atoms with Crippen molar-refractivity contribution in [1.82, 2.24) is 4.90 Å². The fourth-order valence-corrected chi connectivity index (χ4v) is 4.94. The molecule has 0 fully saturated rings. The van der Waals surface area contributed by atoms with Crippen LogP contribution in [-0.2, 0) is 11.2 Å². The van der Waals surface area contributed by atoms with Gasteiger partial charge in [-0.25, -0.2) is 0 Å². The van der Waals surface area contributed by atoms with Crippen molar-refractivity contribution in [2.75, 3.05) is 13.7 Å². The number of hydrogen-bond acceptors (Lipinski definition) is 6. The van der Waals surface area contributed by atoms with Gasteiger partial charge in [-0.1, -0.05) is 36.4 Å². The zero-order valence-electron chi connectivity index (χ0n) is 17.1. The predicted octanol–water partition coefficient (Wildman–Crippen LogP) is 5.05. The summed E-state index contributed by atoms with van der Waals surface area (Å²) in [6.07, 6.45) is 0.549. The molecule has 8 heteroatoms. The third-order valence-corrected chi connectivity index (χ3v) is 6.84. The second-order valence-electron chi connectivity index (χ2n) is 7.26. The quantitative estimate of drug-likeness (QED) is 0.432. The van der Waals surface area contributed by atoms with Gasteiger partial charge in [-0.2, -0.15) is 0 Å². The summed E-state index contributed by atoms with van der Waals surface area (Å²) in [6, 6.07) is 15.5. The van der Waals surface area contributed by atoms with Gasteiger partial charge in [0.1, 0.15) is 0 Å². The lowest BCUT2D eigenvalue weighted by molar-refractivity contribution is -0.129. The Morgan fingerprint density at radius 2 is 1.91 bits per heavy atom. The molecule has 0 saturated heterocycles. The normalized spacial score (nSPS) is 16.0. The number of ketones is 1. The van der Waals surface area contributed by atoms with Gasteiger partial charge < -0.3 is 19.8 Å². The number of rotatable bonds is 7. The summed E-state index contributed by atoms with van der Waals surface area (Å²) in [5.74, 6) is -1.45. The number of aliphatic hydroxyl groups excluding tert-OH is 1. The van der Waals surface area contributed by atoms with E-state index in [9.17, 15) is 19.8 Å². The van der Waals surface area contributed by atoms with E-state index in [1.165, 1.54) is 23.3 Å². The minimum Gasteiger partial charge on any atom is -0.503 e. The number of aromatic hydroxyl groups is 1. The van der Waals surface area contributed by atoms with Crippen LogP contribution >= 0.6 is 27.3 Å². The summed E-state index contributed by atoms with van der Waals surface area (Å²) in [5, 5.41) is 22.8. The number of nitrogens with zero attached hydrogens (tertiary/aromatic N) is 1. The highest BCUT2D eigenvalue weighted by Gasteiger charge is 2.44. The smallest absolute Gasteiger partial charge is 0.290 e. The van der Waals surface area contributed by atoms with E-state index in [0.717, 1.165) is 5.56 Å². The lowest BCUT2D eigenvalue weighted by atomic mass is 9.95. The van der Waals surface area contributed by atoms with Gasteiger partial charge in [-0.05, 0) is 57.1 Å². The van der Waals surface area contributed by atoms with Gasteiger partial charge >= 0.3 is 0 Å². The molecule has 4 rings (SSSR count). The maximum absolute atomic E-state index is 13.3. The second kappa shape index (κ2) is 9.18. The Kier molecular flexibility index (Phi) is 6.34. The number of phenols is 1. The first kappa shape index (κ1) is 22.1. The van der Waals surface area contributed by atoms with E-state index >= 15 is 0 Å². The molecule has 0 saturated carbocycles.